The van der Waals surface area contributed by atoms with Crippen LogP contribution >= 0.6 is 0 Å². The average molecular weight is 319 g/mol. The van der Waals surface area contributed by atoms with Gasteiger partial charge in [0.05, 0.1) is 12.2 Å². The topological polar surface area (TPSA) is 47.6 Å². The third kappa shape index (κ3) is 6.61. The van der Waals surface area contributed by atoms with Gasteiger partial charge in [-0.25, -0.2) is 0 Å². The Kier molecular flexibility index (Phi) is 7.40. The summed E-state index contributed by atoms with van der Waals surface area (Å²) in [6.45, 7) is 5.32. The highest BCUT2D eigenvalue weighted by Crippen LogP contribution is 2.23. The normalized spacial score (nSPS) is 15.6. The van der Waals surface area contributed by atoms with Crippen LogP contribution in [0.3, 0.4) is 0 Å². The van der Waals surface area contributed by atoms with Crippen LogP contribution in [-0.4, -0.2) is 31.3 Å². The third-order valence-corrected chi connectivity index (χ3v) is 4.03. The number of ether oxygens (including phenoxy) is 2. The van der Waals surface area contributed by atoms with Crippen LogP contribution in [0.5, 0.6) is 5.75 Å². The summed E-state index contributed by atoms with van der Waals surface area (Å²) in [5.74, 6) is 0.817. The van der Waals surface area contributed by atoms with Crippen LogP contribution in [0.4, 0.5) is 0 Å². The third-order valence-electron chi connectivity index (χ3n) is 4.03. The molecule has 1 amide bonds. The highest BCUT2D eigenvalue weighted by atomic mass is 16.5. The summed E-state index contributed by atoms with van der Waals surface area (Å²) < 4.78 is 11.4. The van der Waals surface area contributed by atoms with E-state index in [1.807, 2.05) is 38.1 Å². The first kappa shape index (κ1) is 17.8. The number of carbonyl (C=O) groups is 1. The molecule has 1 aromatic carbocycles. The average Bonchev–Trinajstić information content (AvgIpc) is 2.56. The van der Waals surface area contributed by atoms with Crippen molar-refractivity contribution >= 4 is 5.91 Å². The van der Waals surface area contributed by atoms with E-state index in [0.29, 0.717) is 24.8 Å². The molecule has 4 nitrogen and oxygen atoms in total. The molecule has 1 fully saturated rings. The van der Waals surface area contributed by atoms with Crippen LogP contribution < -0.4 is 10.1 Å². The van der Waals surface area contributed by atoms with E-state index in [0.717, 1.165) is 25.0 Å². The molecule has 0 heterocycles. The number of carbonyl (C=O) groups excluding carboxylic acids is 1. The van der Waals surface area contributed by atoms with Crippen molar-refractivity contribution in [3.8, 4) is 5.75 Å². The predicted octanol–water partition coefficient (Wildman–Crippen LogP) is 3.94. The molecule has 0 unspecified atom stereocenters. The molecular formula is C19H29NO3. The lowest BCUT2D eigenvalue weighted by Crippen LogP contribution is -2.25. The molecule has 23 heavy (non-hydrogen) atoms. The Labute approximate surface area is 139 Å². The quantitative estimate of drug-likeness (QED) is 0.738. The van der Waals surface area contributed by atoms with Crippen LogP contribution in [-0.2, 0) is 4.74 Å². The van der Waals surface area contributed by atoms with E-state index in [1.54, 1.807) is 0 Å². The lowest BCUT2D eigenvalue weighted by atomic mass is 9.98. The van der Waals surface area contributed by atoms with Crippen molar-refractivity contribution in [1.29, 1.82) is 0 Å². The Balaban J connectivity index is 1.71. The first-order valence-electron chi connectivity index (χ1n) is 8.81. The minimum Gasteiger partial charge on any atom is -0.490 e. The van der Waals surface area contributed by atoms with Crippen molar-refractivity contribution in [2.45, 2.75) is 64.6 Å². The van der Waals surface area contributed by atoms with E-state index in [2.05, 4.69) is 5.32 Å². The van der Waals surface area contributed by atoms with Crippen LogP contribution in [0.25, 0.3) is 0 Å². The molecule has 1 saturated carbocycles. The van der Waals surface area contributed by atoms with Gasteiger partial charge in [0.25, 0.3) is 5.91 Å². The Hall–Kier alpha value is -1.55. The summed E-state index contributed by atoms with van der Waals surface area (Å²) in [7, 11) is 0. The fraction of sp³-hybridized carbons (Fsp3) is 0.632. The number of amides is 1. The lowest BCUT2D eigenvalue weighted by Gasteiger charge is -2.23. The number of hydrogen-bond acceptors (Lipinski definition) is 3. The van der Waals surface area contributed by atoms with Crippen molar-refractivity contribution in [2.24, 2.45) is 0 Å². The highest BCUT2D eigenvalue weighted by Gasteiger charge is 2.15. The second-order valence-electron chi connectivity index (χ2n) is 6.43. The SMILES string of the molecule is CC(C)OCCCNC(=O)c1ccc(OC2CCCCC2)cc1. The Morgan fingerprint density at radius 2 is 1.87 bits per heavy atom. The molecule has 0 aliphatic heterocycles. The van der Waals surface area contributed by atoms with Crippen LogP contribution in [0.2, 0.25) is 0 Å². The number of hydrogen-bond donors (Lipinski definition) is 1. The maximum absolute atomic E-state index is 12.1. The lowest BCUT2D eigenvalue weighted by molar-refractivity contribution is 0.0757. The molecule has 128 valence electrons. The van der Waals surface area contributed by atoms with Crippen molar-refractivity contribution < 1.29 is 14.3 Å². The summed E-state index contributed by atoms with van der Waals surface area (Å²) in [5, 5.41) is 2.91. The van der Waals surface area contributed by atoms with E-state index in [9.17, 15) is 4.79 Å². The number of rotatable bonds is 8. The molecule has 0 saturated heterocycles. The van der Waals surface area contributed by atoms with Gasteiger partial charge in [0.2, 0.25) is 0 Å². The van der Waals surface area contributed by atoms with E-state index < -0.39 is 0 Å². The van der Waals surface area contributed by atoms with Crippen LogP contribution in [0, 0.1) is 0 Å². The molecule has 0 aromatic heterocycles. The summed E-state index contributed by atoms with van der Waals surface area (Å²) in [5.41, 5.74) is 0.672. The van der Waals surface area contributed by atoms with E-state index >= 15 is 0 Å². The van der Waals surface area contributed by atoms with Gasteiger partial charge in [-0.15, -0.1) is 0 Å². The summed E-state index contributed by atoms with van der Waals surface area (Å²) in [6, 6.07) is 7.45. The Morgan fingerprint density at radius 1 is 1.17 bits per heavy atom. The maximum atomic E-state index is 12.1. The zero-order chi connectivity index (χ0) is 16.5. The van der Waals surface area contributed by atoms with Gasteiger partial charge < -0.3 is 14.8 Å². The largest absolute Gasteiger partial charge is 0.490 e. The zero-order valence-corrected chi connectivity index (χ0v) is 14.3. The maximum Gasteiger partial charge on any atom is 0.251 e. The minimum absolute atomic E-state index is 0.0428. The van der Waals surface area contributed by atoms with Crippen molar-refractivity contribution in [3.63, 3.8) is 0 Å². The second kappa shape index (κ2) is 9.56. The van der Waals surface area contributed by atoms with Crippen molar-refractivity contribution in [1.82, 2.24) is 5.32 Å². The monoisotopic (exact) mass is 319 g/mol. The van der Waals surface area contributed by atoms with Gasteiger partial charge in [-0.2, -0.15) is 0 Å². The van der Waals surface area contributed by atoms with Gasteiger partial charge in [-0.05, 0) is 70.2 Å². The fourth-order valence-corrected chi connectivity index (χ4v) is 2.76. The van der Waals surface area contributed by atoms with E-state index in [4.69, 9.17) is 9.47 Å². The van der Waals surface area contributed by atoms with Gasteiger partial charge in [-0.1, -0.05) is 6.42 Å². The summed E-state index contributed by atoms with van der Waals surface area (Å²) in [6.07, 6.45) is 7.51. The predicted molar refractivity (Wildman–Crippen MR) is 92.0 cm³/mol. The number of benzene rings is 1. The molecule has 2 rings (SSSR count). The van der Waals surface area contributed by atoms with Crippen LogP contribution in [0.15, 0.2) is 24.3 Å². The van der Waals surface area contributed by atoms with Gasteiger partial charge >= 0.3 is 0 Å². The second-order valence-corrected chi connectivity index (χ2v) is 6.43. The highest BCUT2D eigenvalue weighted by molar-refractivity contribution is 5.94. The van der Waals surface area contributed by atoms with E-state index in [-0.39, 0.29) is 12.0 Å². The Morgan fingerprint density at radius 3 is 2.52 bits per heavy atom. The van der Waals surface area contributed by atoms with Gasteiger partial charge in [0, 0.05) is 18.7 Å². The van der Waals surface area contributed by atoms with Gasteiger partial charge in [0.15, 0.2) is 0 Å². The molecule has 0 radical (unpaired) electrons. The van der Waals surface area contributed by atoms with E-state index in [1.165, 1.54) is 19.3 Å². The summed E-state index contributed by atoms with van der Waals surface area (Å²) >= 11 is 0. The molecule has 1 aliphatic carbocycles. The molecule has 1 N–H and O–H groups in total. The zero-order valence-electron chi connectivity index (χ0n) is 14.3. The number of nitrogens with one attached hydrogen (secondary N) is 1. The van der Waals surface area contributed by atoms with Crippen molar-refractivity contribution in [2.75, 3.05) is 13.2 Å². The van der Waals surface area contributed by atoms with Crippen molar-refractivity contribution in [3.05, 3.63) is 29.8 Å². The molecule has 0 atom stereocenters. The summed E-state index contributed by atoms with van der Waals surface area (Å²) in [4.78, 5) is 12.1. The van der Waals surface area contributed by atoms with Gasteiger partial charge in [-0.3, -0.25) is 4.79 Å². The first-order chi connectivity index (χ1) is 11.1. The molecule has 4 heteroatoms. The molecule has 0 spiro atoms. The minimum atomic E-state index is -0.0428. The molecule has 1 aromatic rings. The fourth-order valence-electron chi connectivity index (χ4n) is 2.76. The van der Waals surface area contributed by atoms with Gasteiger partial charge in [0.1, 0.15) is 5.75 Å². The van der Waals surface area contributed by atoms with Crippen LogP contribution in [0.1, 0.15) is 62.7 Å². The molecular weight excluding hydrogens is 290 g/mol. The first-order valence-corrected chi connectivity index (χ1v) is 8.81. The smallest absolute Gasteiger partial charge is 0.251 e. The molecule has 0 bridgehead atoms. The Bertz CT molecular complexity index is 464. The molecule has 1 aliphatic rings. The standard InChI is InChI=1S/C19H29NO3/c1-15(2)22-14-6-13-20-19(21)16-9-11-18(12-10-16)23-17-7-4-3-5-8-17/h9-12,15,17H,3-8,13-14H2,1-2H3,(H,20,21).